The fraction of sp³-hybridized carbons (Fsp3) is 0.500. The van der Waals surface area contributed by atoms with E-state index in [-0.39, 0.29) is 22.2 Å². The van der Waals surface area contributed by atoms with Crippen LogP contribution < -0.4 is 5.32 Å². The van der Waals surface area contributed by atoms with Crippen molar-refractivity contribution in [3.63, 3.8) is 0 Å². The minimum absolute atomic E-state index is 0.116. The molecule has 1 aromatic rings. The molecule has 0 bridgehead atoms. The highest BCUT2D eigenvalue weighted by Gasteiger charge is 2.27. The zero-order chi connectivity index (χ0) is 15.4. The van der Waals surface area contributed by atoms with Crippen molar-refractivity contribution < 1.29 is 9.72 Å². The number of carbonyl (C=O) groups excluding carboxylic acids is 1. The number of halogens is 1. The van der Waals surface area contributed by atoms with E-state index < -0.39 is 4.92 Å². The van der Waals surface area contributed by atoms with Crippen LogP contribution in [0.25, 0.3) is 0 Å². The van der Waals surface area contributed by atoms with Crippen LogP contribution >= 0.6 is 11.6 Å². The Morgan fingerprint density at radius 1 is 1.52 bits per heavy atom. The van der Waals surface area contributed by atoms with Crippen LogP contribution in [0.15, 0.2) is 18.2 Å². The molecule has 114 valence electrons. The van der Waals surface area contributed by atoms with Crippen molar-refractivity contribution in [2.45, 2.75) is 25.8 Å². The van der Waals surface area contributed by atoms with Gasteiger partial charge in [-0.3, -0.25) is 19.8 Å². The second-order valence-corrected chi connectivity index (χ2v) is 5.39. The summed E-state index contributed by atoms with van der Waals surface area (Å²) in [5, 5.41) is 13.5. The number of nitro groups is 1. The third-order valence-corrected chi connectivity index (χ3v) is 3.97. The molecule has 1 amide bonds. The van der Waals surface area contributed by atoms with Gasteiger partial charge in [0.25, 0.3) is 11.6 Å². The van der Waals surface area contributed by atoms with Crippen molar-refractivity contribution in [1.29, 1.82) is 0 Å². The molecule has 1 N–H and O–H groups in total. The molecule has 6 nitrogen and oxygen atoms in total. The predicted octanol–water partition coefficient (Wildman–Crippen LogP) is 2.46. The molecule has 0 heterocycles. The van der Waals surface area contributed by atoms with Crippen LogP contribution in [0.4, 0.5) is 5.69 Å². The van der Waals surface area contributed by atoms with Gasteiger partial charge in [-0.1, -0.05) is 24.6 Å². The lowest BCUT2D eigenvalue weighted by atomic mass is 10.2. The number of benzene rings is 1. The third kappa shape index (κ3) is 3.92. The standard InChI is InChI=1S/C14H18ClN3O3/c1-2-17(10-6-7-10)9-8-16-14(19)11-4-3-5-12(13(11)15)18(20)21/h3-5,10H,2,6-9H2,1H3,(H,16,19). The van der Waals surface area contributed by atoms with Gasteiger partial charge in [-0.15, -0.1) is 0 Å². The summed E-state index contributed by atoms with van der Waals surface area (Å²) < 4.78 is 0. The zero-order valence-electron chi connectivity index (χ0n) is 11.8. The first-order valence-electron chi connectivity index (χ1n) is 6.99. The molecule has 0 spiro atoms. The SMILES string of the molecule is CCN(CCNC(=O)c1cccc([N+](=O)[O-])c1Cl)C1CC1. The summed E-state index contributed by atoms with van der Waals surface area (Å²) >= 11 is 5.91. The first kappa shape index (κ1) is 15.7. The fourth-order valence-corrected chi connectivity index (χ4v) is 2.56. The first-order chi connectivity index (χ1) is 10.0. The van der Waals surface area contributed by atoms with Crippen molar-refractivity contribution in [3.05, 3.63) is 38.9 Å². The topological polar surface area (TPSA) is 75.5 Å². The number of hydrogen-bond donors (Lipinski definition) is 1. The normalized spacial score (nSPS) is 14.2. The minimum atomic E-state index is -0.592. The van der Waals surface area contributed by atoms with Gasteiger partial charge in [-0.2, -0.15) is 0 Å². The highest BCUT2D eigenvalue weighted by Crippen LogP contribution is 2.28. The molecule has 7 heteroatoms. The average molecular weight is 312 g/mol. The monoisotopic (exact) mass is 311 g/mol. The fourth-order valence-electron chi connectivity index (χ4n) is 2.28. The van der Waals surface area contributed by atoms with Crippen LogP contribution in [0.2, 0.25) is 5.02 Å². The summed E-state index contributed by atoms with van der Waals surface area (Å²) in [5.41, 5.74) is -0.113. The van der Waals surface area contributed by atoms with Crippen molar-refractivity contribution in [2.24, 2.45) is 0 Å². The second kappa shape index (κ2) is 6.87. The predicted molar refractivity (Wildman–Crippen MR) is 80.7 cm³/mol. The molecule has 1 aliphatic carbocycles. The summed E-state index contributed by atoms with van der Waals surface area (Å²) in [6.45, 7) is 4.33. The Morgan fingerprint density at radius 2 is 2.24 bits per heavy atom. The maximum absolute atomic E-state index is 12.1. The summed E-state index contributed by atoms with van der Waals surface area (Å²) in [5.74, 6) is -0.379. The summed E-state index contributed by atoms with van der Waals surface area (Å²) in [7, 11) is 0. The van der Waals surface area contributed by atoms with E-state index in [1.54, 1.807) is 0 Å². The molecule has 1 saturated carbocycles. The molecular formula is C14H18ClN3O3. The third-order valence-electron chi connectivity index (χ3n) is 3.57. The highest BCUT2D eigenvalue weighted by atomic mass is 35.5. The maximum atomic E-state index is 12.1. The number of likely N-dealkylation sites (N-methyl/N-ethyl adjacent to an activating group) is 1. The van der Waals surface area contributed by atoms with Gasteiger partial charge in [-0.05, 0) is 25.5 Å². The van der Waals surface area contributed by atoms with Gasteiger partial charge < -0.3 is 5.32 Å². The number of rotatable bonds is 7. The first-order valence-corrected chi connectivity index (χ1v) is 7.37. The molecule has 0 atom stereocenters. The quantitative estimate of drug-likeness (QED) is 0.620. The molecule has 0 unspecified atom stereocenters. The molecule has 0 aliphatic heterocycles. The van der Waals surface area contributed by atoms with Crippen molar-refractivity contribution >= 4 is 23.2 Å². The Kier molecular flexibility index (Phi) is 5.14. The van der Waals surface area contributed by atoms with Crippen LogP contribution in [0, 0.1) is 10.1 Å². The average Bonchev–Trinajstić information content (AvgIpc) is 3.27. The molecule has 1 fully saturated rings. The maximum Gasteiger partial charge on any atom is 0.288 e. The molecule has 0 saturated heterocycles. The Bertz CT molecular complexity index is 546. The van der Waals surface area contributed by atoms with E-state index >= 15 is 0 Å². The Morgan fingerprint density at radius 3 is 2.81 bits per heavy atom. The van der Waals surface area contributed by atoms with Crippen molar-refractivity contribution in [3.8, 4) is 0 Å². The van der Waals surface area contributed by atoms with Crippen LogP contribution in [0.3, 0.4) is 0 Å². The number of carbonyl (C=O) groups is 1. The zero-order valence-corrected chi connectivity index (χ0v) is 12.6. The lowest BCUT2D eigenvalue weighted by molar-refractivity contribution is -0.384. The van der Waals surface area contributed by atoms with E-state index in [0.29, 0.717) is 12.6 Å². The number of nitrogens with one attached hydrogen (secondary N) is 1. The molecule has 2 rings (SSSR count). The number of hydrogen-bond acceptors (Lipinski definition) is 4. The minimum Gasteiger partial charge on any atom is -0.351 e. The van der Waals surface area contributed by atoms with E-state index in [2.05, 4.69) is 17.1 Å². The molecule has 1 aromatic carbocycles. The second-order valence-electron chi connectivity index (χ2n) is 5.01. The Hall–Kier alpha value is -1.66. The molecule has 1 aliphatic rings. The van der Waals surface area contributed by atoms with E-state index in [9.17, 15) is 14.9 Å². The van der Waals surface area contributed by atoms with Crippen LogP contribution in [-0.2, 0) is 0 Å². The van der Waals surface area contributed by atoms with Gasteiger partial charge in [0.1, 0.15) is 5.02 Å². The van der Waals surface area contributed by atoms with Gasteiger partial charge in [0.05, 0.1) is 10.5 Å². The van der Waals surface area contributed by atoms with Crippen molar-refractivity contribution in [1.82, 2.24) is 10.2 Å². The molecule has 21 heavy (non-hydrogen) atoms. The van der Waals surface area contributed by atoms with Gasteiger partial charge >= 0.3 is 0 Å². The van der Waals surface area contributed by atoms with E-state index in [4.69, 9.17) is 11.6 Å². The molecular weight excluding hydrogens is 294 g/mol. The largest absolute Gasteiger partial charge is 0.351 e. The lowest BCUT2D eigenvalue weighted by Gasteiger charge is -2.19. The van der Waals surface area contributed by atoms with Gasteiger partial charge in [0.2, 0.25) is 0 Å². The number of nitrogens with zero attached hydrogens (tertiary/aromatic N) is 2. The van der Waals surface area contributed by atoms with E-state index in [1.165, 1.54) is 31.0 Å². The lowest BCUT2D eigenvalue weighted by Crippen LogP contribution is -2.36. The number of amides is 1. The van der Waals surface area contributed by atoms with Crippen molar-refractivity contribution in [2.75, 3.05) is 19.6 Å². The Balaban J connectivity index is 1.94. The Labute approximate surface area is 128 Å². The van der Waals surface area contributed by atoms with Crippen LogP contribution in [0.5, 0.6) is 0 Å². The van der Waals surface area contributed by atoms with Gasteiger partial charge in [0, 0.05) is 25.2 Å². The smallest absolute Gasteiger partial charge is 0.288 e. The van der Waals surface area contributed by atoms with E-state index in [0.717, 1.165) is 13.1 Å². The molecule has 0 radical (unpaired) electrons. The molecule has 0 aromatic heterocycles. The van der Waals surface area contributed by atoms with Gasteiger partial charge in [0.15, 0.2) is 0 Å². The van der Waals surface area contributed by atoms with Crippen LogP contribution in [-0.4, -0.2) is 41.4 Å². The van der Waals surface area contributed by atoms with E-state index in [1.807, 2.05) is 0 Å². The van der Waals surface area contributed by atoms with Gasteiger partial charge in [-0.25, -0.2) is 0 Å². The number of nitro benzene ring substituents is 1. The summed E-state index contributed by atoms with van der Waals surface area (Å²) in [4.78, 5) is 24.6. The highest BCUT2D eigenvalue weighted by molar-refractivity contribution is 6.35. The van der Waals surface area contributed by atoms with Crippen LogP contribution in [0.1, 0.15) is 30.1 Å². The summed E-state index contributed by atoms with van der Waals surface area (Å²) in [6, 6.07) is 4.88. The summed E-state index contributed by atoms with van der Waals surface area (Å²) in [6.07, 6.45) is 2.44.